The van der Waals surface area contributed by atoms with Crippen molar-refractivity contribution in [2.75, 3.05) is 25.1 Å². The minimum absolute atomic E-state index is 0.0575. The van der Waals surface area contributed by atoms with E-state index in [9.17, 15) is 4.39 Å². The van der Waals surface area contributed by atoms with Crippen LogP contribution in [0, 0.1) is 0 Å². The molecule has 1 fully saturated rings. The quantitative estimate of drug-likeness (QED) is 0.246. The number of halogens is 2. The first-order valence-electron chi connectivity index (χ1n) is 10.2. The minimum atomic E-state index is -0.723. The molecule has 0 bridgehead atoms. The lowest BCUT2D eigenvalue weighted by Gasteiger charge is -2.20. The predicted molar refractivity (Wildman–Crippen MR) is 131 cm³/mol. The van der Waals surface area contributed by atoms with Gasteiger partial charge >= 0.3 is 0 Å². The van der Waals surface area contributed by atoms with E-state index in [-0.39, 0.29) is 11.9 Å². The van der Waals surface area contributed by atoms with Crippen LogP contribution >= 0.6 is 22.6 Å². The van der Waals surface area contributed by atoms with Gasteiger partial charge in [0.1, 0.15) is 18.2 Å². The predicted octanol–water partition coefficient (Wildman–Crippen LogP) is 4.82. The number of para-hydroxylation sites is 2. The van der Waals surface area contributed by atoms with E-state index in [0.29, 0.717) is 23.7 Å². The third kappa shape index (κ3) is 4.47. The Balaban J connectivity index is 1.38. The number of nitrogens with zero attached hydrogens (tertiary/aromatic N) is 5. The van der Waals surface area contributed by atoms with Crippen LogP contribution in [-0.2, 0) is 0 Å². The fourth-order valence-corrected chi connectivity index (χ4v) is 3.98. The summed E-state index contributed by atoms with van der Waals surface area (Å²) in [7, 11) is 1.51. The number of anilines is 1. The van der Waals surface area contributed by atoms with E-state index in [1.54, 1.807) is 40.9 Å². The van der Waals surface area contributed by atoms with Gasteiger partial charge in [0.25, 0.3) is 6.01 Å². The van der Waals surface area contributed by atoms with Gasteiger partial charge in [0, 0.05) is 28.5 Å². The van der Waals surface area contributed by atoms with Crippen LogP contribution in [-0.4, -0.2) is 46.2 Å². The highest BCUT2D eigenvalue weighted by Crippen LogP contribution is 2.37. The largest absolute Gasteiger partial charge is 0.493 e. The highest BCUT2D eigenvalue weighted by Gasteiger charge is 2.27. The number of aromatic nitrogens is 4. The molecular formula is C23H19FIN5O3. The summed E-state index contributed by atoms with van der Waals surface area (Å²) in [6, 6.07) is 10.4. The van der Waals surface area contributed by atoms with Crippen LogP contribution in [0.4, 0.5) is 10.2 Å². The second-order valence-corrected chi connectivity index (χ2v) is 8.03. The monoisotopic (exact) mass is 559 g/mol. The molecule has 0 aliphatic carbocycles. The van der Waals surface area contributed by atoms with Crippen molar-refractivity contribution in [2.24, 2.45) is 0 Å². The summed E-state index contributed by atoms with van der Waals surface area (Å²) in [6.07, 6.45) is 3.89. The maximum Gasteiger partial charge on any atom is 0.284 e. The second-order valence-electron chi connectivity index (χ2n) is 7.40. The van der Waals surface area contributed by atoms with Crippen LogP contribution in [0.15, 0.2) is 59.0 Å². The van der Waals surface area contributed by atoms with Crippen molar-refractivity contribution in [3.63, 3.8) is 0 Å². The topological polar surface area (TPSA) is 82.5 Å². The zero-order valence-electron chi connectivity index (χ0n) is 17.6. The van der Waals surface area contributed by atoms with E-state index in [2.05, 4.69) is 24.8 Å². The third-order valence-corrected chi connectivity index (χ3v) is 5.84. The maximum atomic E-state index is 13.7. The molecule has 1 aliphatic rings. The Morgan fingerprint density at radius 3 is 2.79 bits per heavy atom. The Morgan fingerprint density at radius 2 is 1.97 bits per heavy atom. The van der Waals surface area contributed by atoms with Crippen LogP contribution < -0.4 is 19.1 Å². The molecule has 4 aromatic rings. The summed E-state index contributed by atoms with van der Waals surface area (Å²) >= 11 is 1.77. The van der Waals surface area contributed by atoms with Crippen LogP contribution in [0.5, 0.6) is 17.4 Å². The highest BCUT2D eigenvalue weighted by atomic mass is 127. The molecule has 0 saturated carbocycles. The zero-order chi connectivity index (χ0) is 22.8. The Hall–Kier alpha value is -3.28. The maximum absolute atomic E-state index is 13.7. The van der Waals surface area contributed by atoms with Crippen molar-refractivity contribution in [3.8, 4) is 17.4 Å². The molecule has 0 amide bonds. The van der Waals surface area contributed by atoms with Gasteiger partial charge in [-0.15, -0.1) is 0 Å². The Labute approximate surface area is 202 Å². The van der Waals surface area contributed by atoms with Crippen molar-refractivity contribution < 1.29 is 18.6 Å². The first-order valence-corrected chi connectivity index (χ1v) is 11.5. The lowest BCUT2D eigenvalue weighted by Crippen LogP contribution is -2.25. The standard InChI is InChI=1S/C23H19FIN5O3/c1-31-19-8-15-18(9-20(19)33-21(24)10-25)27-13-28-23(15)30-7-6-14(12-30)32-22-11-26-16-4-2-3-5-17(16)29-22/h2-5,8-11,13-14H,6-7,12H2,1H3/b21-10-. The number of hydrogen-bond donors (Lipinski definition) is 0. The third-order valence-electron chi connectivity index (χ3n) is 5.35. The van der Waals surface area contributed by atoms with E-state index < -0.39 is 6.01 Å². The fraction of sp³-hybridized carbons (Fsp3) is 0.217. The molecule has 168 valence electrons. The normalized spacial score (nSPS) is 16.4. The van der Waals surface area contributed by atoms with Gasteiger partial charge in [-0.05, 0) is 40.8 Å². The molecule has 2 aromatic heterocycles. The number of methoxy groups -OCH3 is 1. The lowest BCUT2D eigenvalue weighted by molar-refractivity contribution is 0.216. The zero-order valence-corrected chi connectivity index (χ0v) is 19.8. The summed E-state index contributed by atoms with van der Waals surface area (Å²) in [5, 5.41) is 0.784. The molecule has 1 atom stereocenters. The van der Waals surface area contributed by atoms with Gasteiger partial charge in [0.2, 0.25) is 5.88 Å². The van der Waals surface area contributed by atoms with Crippen LogP contribution in [0.25, 0.3) is 21.9 Å². The molecule has 0 radical (unpaired) electrons. The highest BCUT2D eigenvalue weighted by molar-refractivity contribution is 14.1. The summed E-state index contributed by atoms with van der Waals surface area (Å²) < 4.78 is 31.6. The first-order chi connectivity index (χ1) is 16.1. The Morgan fingerprint density at radius 1 is 1.12 bits per heavy atom. The van der Waals surface area contributed by atoms with Gasteiger partial charge in [-0.2, -0.15) is 4.39 Å². The fourth-order valence-electron chi connectivity index (χ4n) is 3.85. The first kappa shape index (κ1) is 21.6. The van der Waals surface area contributed by atoms with Gasteiger partial charge < -0.3 is 19.1 Å². The van der Waals surface area contributed by atoms with Crippen molar-refractivity contribution >= 4 is 50.3 Å². The van der Waals surface area contributed by atoms with Crippen molar-refractivity contribution in [3.05, 3.63) is 59.0 Å². The van der Waals surface area contributed by atoms with Gasteiger partial charge in [0.15, 0.2) is 11.5 Å². The van der Waals surface area contributed by atoms with Gasteiger partial charge in [-0.25, -0.2) is 19.9 Å². The molecule has 1 aliphatic heterocycles. The molecule has 2 aromatic carbocycles. The van der Waals surface area contributed by atoms with E-state index in [4.69, 9.17) is 14.2 Å². The molecular weight excluding hydrogens is 540 g/mol. The molecule has 1 unspecified atom stereocenters. The van der Waals surface area contributed by atoms with Crippen LogP contribution in [0.2, 0.25) is 0 Å². The SMILES string of the molecule is COc1cc2c(N3CCC(Oc4cnc5ccccc5n4)C3)ncnc2cc1O/C(F)=C\I. The smallest absolute Gasteiger partial charge is 0.284 e. The van der Waals surface area contributed by atoms with Crippen molar-refractivity contribution in [1.29, 1.82) is 0 Å². The Bertz CT molecular complexity index is 1350. The number of hydrogen-bond acceptors (Lipinski definition) is 8. The number of rotatable bonds is 6. The van der Waals surface area contributed by atoms with Crippen molar-refractivity contribution in [1.82, 2.24) is 19.9 Å². The average molecular weight is 559 g/mol. The summed E-state index contributed by atoms with van der Waals surface area (Å²) in [6.45, 7) is 1.39. The van der Waals surface area contributed by atoms with E-state index in [1.807, 2.05) is 24.3 Å². The minimum Gasteiger partial charge on any atom is -0.493 e. The molecule has 10 heteroatoms. The molecule has 1 saturated heterocycles. The lowest BCUT2D eigenvalue weighted by atomic mass is 10.2. The van der Waals surface area contributed by atoms with Gasteiger partial charge in [0.05, 0.1) is 36.4 Å². The summed E-state index contributed by atoms with van der Waals surface area (Å²) in [5.74, 6) is 1.90. The van der Waals surface area contributed by atoms with Crippen LogP contribution in [0.1, 0.15) is 6.42 Å². The number of benzene rings is 2. The van der Waals surface area contributed by atoms with Gasteiger partial charge in [-0.3, -0.25) is 0 Å². The van der Waals surface area contributed by atoms with E-state index >= 15 is 0 Å². The van der Waals surface area contributed by atoms with Crippen molar-refractivity contribution in [2.45, 2.75) is 12.5 Å². The molecule has 3 heterocycles. The van der Waals surface area contributed by atoms with Crippen LogP contribution in [0.3, 0.4) is 0 Å². The Kier molecular flexibility index (Phi) is 6.07. The van der Waals surface area contributed by atoms with Gasteiger partial charge in [-0.1, -0.05) is 12.1 Å². The number of ether oxygens (including phenoxy) is 3. The van der Waals surface area contributed by atoms with E-state index in [0.717, 1.165) is 35.2 Å². The molecule has 8 nitrogen and oxygen atoms in total. The molecule has 0 spiro atoms. The number of fused-ring (bicyclic) bond motifs is 2. The molecule has 5 rings (SSSR count). The van der Waals surface area contributed by atoms with E-state index in [1.165, 1.54) is 17.5 Å². The average Bonchev–Trinajstić information content (AvgIpc) is 3.31. The summed E-state index contributed by atoms with van der Waals surface area (Å²) in [4.78, 5) is 19.9. The second kappa shape index (κ2) is 9.30. The molecule has 33 heavy (non-hydrogen) atoms. The molecule has 0 N–H and O–H groups in total. The summed E-state index contributed by atoms with van der Waals surface area (Å²) in [5.41, 5.74) is 2.25.